The predicted molar refractivity (Wildman–Crippen MR) is 114 cm³/mol. The van der Waals surface area contributed by atoms with Crippen molar-refractivity contribution < 1.29 is 14.3 Å². The summed E-state index contributed by atoms with van der Waals surface area (Å²) in [5, 5.41) is 0.572. The van der Waals surface area contributed by atoms with E-state index in [2.05, 4.69) is 14.9 Å². The van der Waals surface area contributed by atoms with E-state index in [1.807, 2.05) is 36.4 Å². The molecule has 4 heterocycles. The molecule has 2 bridgehead atoms. The number of nitrogens with two attached hydrogens (primary N) is 1. The number of thiazole rings is 1. The standard InChI is InChI=1S/C21H23N5O3S/c22-20(27)25-12-14-3-4-15(13-25)26(14)10-11-28-16-5-7-17(8-6-16)29-21-24-19-18(30-21)2-1-9-23-19/h1-2,5-9,14-15H,3-4,10-13H2,(H2,22,27). The van der Waals surface area contributed by atoms with Gasteiger partial charge in [0.05, 0.1) is 4.70 Å². The summed E-state index contributed by atoms with van der Waals surface area (Å²) in [5.74, 6) is 1.51. The van der Waals surface area contributed by atoms with Gasteiger partial charge in [0, 0.05) is 37.9 Å². The Kier molecular flexibility index (Phi) is 5.14. The quantitative estimate of drug-likeness (QED) is 0.652. The minimum atomic E-state index is -0.313. The number of fused-ring (bicyclic) bond motifs is 3. The summed E-state index contributed by atoms with van der Waals surface area (Å²) < 4.78 is 12.8. The van der Waals surface area contributed by atoms with Gasteiger partial charge in [-0.1, -0.05) is 11.3 Å². The Morgan fingerprint density at radius 1 is 1.13 bits per heavy atom. The van der Waals surface area contributed by atoms with Crippen LogP contribution in [0.3, 0.4) is 0 Å². The van der Waals surface area contributed by atoms with Gasteiger partial charge in [0.2, 0.25) is 0 Å². The van der Waals surface area contributed by atoms with Gasteiger partial charge in [0.1, 0.15) is 18.1 Å². The first-order valence-electron chi connectivity index (χ1n) is 10.1. The second-order valence-corrected chi connectivity index (χ2v) is 8.59. The summed E-state index contributed by atoms with van der Waals surface area (Å²) in [7, 11) is 0. The molecule has 8 nitrogen and oxygen atoms in total. The molecule has 156 valence electrons. The van der Waals surface area contributed by atoms with Gasteiger partial charge in [-0.3, -0.25) is 4.90 Å². The lowest BCUT2D eigenvalue weighted by atomic mass is 10.2. The zero-order valence-corrected chi connectivity index (χ0v) is 17.3. The zero-order chi connectivity index (χ0) is 20.5. The van der Waals surface area contributed by atoms with Crippen molar-refractivity contribution in [2.45, 2.75) is 24.9 Å². The molecule has 2 aliphatic heterocycles. The van der Waals surface area contributed by atoms with Gasteiger partial charge in [0.15, 0.2) is 5.65 Å². The van der Waals surface area contributed by atoms with Crippen LogP contribution >= 0.6 is 11.3 Å². The summed E-state index contributed by atoms with van der Waals surface area (Å²) in [6.45, 7) is 2.89. The molecule has 2 unspecified atom stereocenters. The second-order valence-electron chi connectivity index (χ2n) is 7.59. The van der Waals surface area contributed by atoms with Crippen molar-refractivity contribution in [1.29, 1.82) is 0 Å². The summed E-state index contributed by atoms with van der Waals surface area (Å²) >= 11 is 1.47. The molecular weight excluding hydrogens is 402 g/mol. The van der Waals surface area contributed by atoms with Crippen molar-refractivity contribution in [1.82, 2.24) is 19.8 Å². The Morgan fingerprint density at radius 2 is 1.87 bits per heavy atom. The molecule has 2 aliphatic rings. The van der Waals surface area contributed by atoms with Crippen LogP contribution in [0.1, 0.15) is 12.8 Å². The van der Waals surface area contributed by atoms with Crippen LogP contribution in [0.5, 0.6) is 16.7 Å². The third kappa shape index (κ3) is 3.90. The van der Waals surface area contributed by atoms with Gasteiger partial charge in [-0.15, -0.1) is 0 Å². The predicted octanol–water partition coefficient (Wildman–Crippen LogP) is 3.09. The van der Waals surface area contributed by atoms with Crippen molar-refractivity contribution >= 4 is 27.7 Å². The number of nitrogens with zero attached hydrogens (tertiary/aromatic N) is 4. The van der Waals surface area contributed by atoms with Gasteiger partial charge >= 0.3 is 6.03 Å². The molecule has 2 amide bonds. The van der Waals surface area contributed by atoms with Crippen LogP contribution < -0.4 is 15.2 Å². The maximum absolute atomic E-state index is 11.5. The van der Waals surface area contributed by atoms with Crippen molar-refractivity contribution in [3.05, 3.63) is 42.6 Å². The highest BCUT2D eigenvalue weighted by Crippen LogP contribution is 2.31. The lowest BCUT2D eigenvalue weighted by Gasteiger charge is -2.40. The largest absolute Gasteiger partial charge is 0.492 e. The number of aromatic nitrogens is 2. The molecule has 0 spiro atoms. The first-order valence-corrected chi connectivity index (χ1v) is 10.9. The Hall–Kier alpha value is -2.91. The van der Waals surface area contributed by atoms with Crippen molar-refractivity contribution in [2.75, 3.05) is 26.2 Å². The molecule has 2 N–H and O–H groups in total. The molecule has 5 rings (SSSR count). The minimum Gasteiger partial charge on any atom is -0.492 e. The number of hydrogen-bond acceptors (Lipinski definition) is 7. The average molecular weight is 426 g/mol. The normalized spacial score (nSPS) is 21.1. The maximum atomic E-state index is 11.5. The second kappa shape index (κ2) is 8.08. The number of carbonyl (C=O) groups excluding carboxylic acids is 1. The molecule has 2 fully saturated rings. The Balaban J connectivity index is 1.13. The molecular formula is C21H23N5O3S. The van der Waals surface area contributed by atoms with Gasteiger partial charge in [-0.25, -0.2) is 9.78 Å². The average Bonchev–Trinajstić information content (AvgIpc) is 3.25. The third-order valence-corrected chi connectivity index (χ3v) is 6.63. The van der Waals surface area contributed by atoms with Crippen molar-refractivity contribution in [3.8, 4) is 16.7 Å². The summed E-state index contributed by atoms with van der Waals surface area (Å²) in [6, 6.07) is 11.9. The smallest absolute Gasteiger partial charge is 0.314 e. The number of rotatable bonds is 6. The number of urea groups is 1. The summed E-state index contributed by atoms with van der Waals surface area (Å²) in [4.78, 5) is 24.3. The third-order valence-electron chi connectivity index (χ3n) is 5.74. The van der Waals surface area contributed by atoms with E-state index in [-0.39, 0.29) is 6.03 Å². The fourth-order valence-electron chi connectivity index (χ4n) is 4.30. The molecule has 3 aromatic rings. The van der Waals surface area contributed by atoms with Crippen molar-refractivity contribution in [2.24, 2.45) is 5.73 Å². The van der Waals surface area contributed by atoms with Gasteiger partial charge < -0.3 is 20.1 Å². The van der Waals surface area contributed by atoms with E-state index in [1.54, 1.807) is 11.1 Å². The monoisotopic (exact) mass is 425 g/mol. The molecule has 2 aromatic heterocycles. The van der Waals surface area contributed by atoms with Crippen LogP contribution in [0.15, 0.2) is 42.6 Å². The minimum absolute atomic E-state index is 0.313. The fraction of sp³-hybridized carbons (Fsp3) is 0.381. The molecule has 0 aliphatic carbocycles. The Bertz CT molecular complexity index is 994. The van der Waals surface area contributed by atoms with Crippen LogP contribution in [0.4, 0.5) is 4.79 Å². The van der Waals surface area contributed by atoms with Gasteiger partial charge in [-0.2, -0.15) is 4.98 Å². The lowest BCUT2D eigenvalue weighted by Crippen LogP contribution is -2.57. The topological polar surface area (TPSA) is 93.8 Å². The molecule has 30 heavy (non-hydrogen) atoms. The number of piperazine rings is 1. The number of hydrogen-bond donors (Lipinski definition) is 1. The first-order chi connectivity index (χ1) is 14.7. The van der Waals surface area contributed by atoms with Crippen LogP contribution in [-0.4, -0.2) is 64.1 Å². The van der Waals surface area contributed by atoms with E-state index < -0.39 is 0 Å². The number of pyridine rings is 1. The van der Waals surface area contributed by atoms with Crippen LogP contribution in [0, 0.1) is 0 Å². The van der Waals surface area contributed by atoms with Crippen LogP contribution in [-0.2, 0) is 0 Å². The molecule has 9 heteroatoms. The Labute approximate surface area is 178 Å². The van der Waals surface area contributed by atoms with E-state index in [9.17, 15) is 4.79 Å². The highest BCUT2D eigenvalue weighted by Gasteiger charge is 2.40. The molecule has 1 aromatic carbocycles. The number of carbonyl (C=O) groups is 1. The Morgan fingerprint density at radius 3 is 2.57 bits per heavy atom. The van der Waals surface area contributed by atoms with E-state index in [0.29, 0.717) is 35.3 Å². The number of ether oxygens (including phenoxy) is 2. The zero-order valence-electron chi connectivity index (χ0n) is 16.4. The molecule has 2 atom stereocenters. The first kappa shape index (κ1) is 19.1. The number of amides is 2. The summed E-state index contributed by atoms with van der Waals surface area (Å²) in [5.41, 5.74) is 6.15. The highest BCUT2D eigenvalue weighted by atomic mass is 32.1. The van der Waals surface area contributed by atoms with Crippen molar-refractivity contribution in [3.63, 3.8) is 0 Å². The van der Waals surface area contributed by atoms with Gasteiger partial charge in [0.25, 0.3) is 5.19 Å². The van der Waals surface area contributed by atoms with E-state index in [1.165, 1.54) is 11.3 Å². The number of likely N-dealkylation sites (tertiary alicyclic amines) is 1. The molecule has 2 saturated heterocycles. The SMILES string of the molecule is NC(=O)N1CC2CCC(C1)N2CCOc1ccc(Oc2nc3ncccc3s2)cc1. The van der Waals surface area contributed by atoms with E-state index in [0.717, 1.165) is 42.9 Å². The number of primary amides is 1. The number of benzene rings is 1. The van der Waals surface area contributed by atoms with Gasteiger partial charge in [-0.05, 0) is 49.2 Å². The summed E-state index contributed by atoms with van der Waals surface area (Å²) in [6.07, 6.45) is 3.95. The van der Waals surface area contributed by atoms with Crippen LogP contribution in [0.2, 0.25) is 0 Å². The van der Waals surface area contributed by atoms with E-state index >= 15 is 0 Å². The maximum Gasteiger partial charge on any atom is 0.314 e. The van der Waals surface area contributed by atoms with Crippen LogP contribution in [0.25, 0.3) is 10.3 Å². The van der Waals surface area contributed by atoms with E-state index in [4.69, 9.17) is 15.2 Å². The fourth-order valence-corrected chi connectivity index (χ4v) is 5.10. The molecule has 0 saturated carbocycles. The lowest BCUT2D eigenvalue weighted by molar-refractivity contribution is 0.0735. The highest BCUT2D eigenvalue weighted by molar-refractivity contribution is 7.20. The molecule has 0 radical (unpaired) electrons.